The van der Waals surface area contributed by atoms with E-state index in [0.717, 1.165) is 28.8 Å². The molecule has 1 saturated carbocycles. The van der Waals surface area contributed by atoms with Crippen molar-refractivity contribution in [3.8, 4) is 11.3 Å². The van der Waals surface area contributed by atoms with E-state index < -0.39 is 0 Å². The van der Waals surface area contributed by atoms with Gasteiger partial charge in [0.1, 0.15) is 0 Å². The molecule has 0 bridgehead atoms. The fourth-order valence-corrected chi connectivity index (χ4v) is 2.30. The molecule has 0 radical (unpaired) electrons. The first-order valence-corrected chi connectivity index (χ1v) is 5.88. The summed E-state index contributed by atoms with van der Waals surface area (Å²) in [5.41, 5.74) is 4.05. The van der Waals surface area contributed by atoms with Crippen molar-refractivity contribution in [2.45, 2.75) is 25.8 Å². The van der Waals surface area contributed by atoms with Crippen LogP contribution in [0.15, 0.2) is 30.6 Å². The van der Waals surface area contributed by atoms with Gasteiger partial charge in [0, 0.05) is 35.3 Å². The molecule has 0 N–H and O–H groups in total. The molecular weight excluding hydrogens is 212 g/mol. The second kappa shape index (κ2) is 3.84. The maximum absolute atomic E-state index is 11.0. The maximum Gasteiger partial charge on any atom is 0.151 e. The van der Waals surface area contributed by atoms with Crippen LogP contribution in [0.2, 0.25) is 0 Å². The molecule has 0 atom stereocenters. The first-order chi connectivity index (χ1) is 8.31. The average molecular weight is 226 g/mol. The van der Waals surface area contributed by atoms with Gasteiger partial charge in [-0.1, -0.05) is 0 Å². The zero-order valence-electron chi connectivity index (χ0n) is 9.76. The Bertz CT molecular complexity index is 553. The summed E-state index contributed by atoms with van der Waals surface area (Å²) in [5.74, 6) is 0. The van der Waals surface area contributed by atoms with Crippen LogP contribution in [0.3, 0.4) is 0 Å². The van der Waals surface area contributed by atoms with Gasteiger partial charge in [-0.2, -0.15) is 0 Å². The van der Waals surface area contributed by atoms with Crippen LogP contribution >= 0.6 is 0 Å². The minimum Gasteiger partial charge on any atom is -0.341 e. The molecular formula is C14H14N2O. The number of hydrogen-bond acceptors (Lipinski definition) is 2. The van der Waals surface area contributed by atoms with Crippen molar-refractivity contribution in [2.24, 2.45) is 0 Å². The van der Waals surface area contributed by atoms with Crippen molar-refractivity contribution in [2.75, 3.05) is 0 Å². The number of nitrogens with zero attached hydrogens (tertiary/aromatic N) is 2. The maximum atomic E-state index is 11.0. The lowest BCUT2D eigenvalue weighted by molar-refractivity contribution is 0.112. The third-order valence-corrected chi connectivity index (χ3v) is 3.33. The summed E-state index contributed by atoms with van der Waals surface area (Å²) in [6.45, 7) is 2.02. The van der Waals surface area contributed by atoms with Crippen LogP contribution in [0.1, 0.15) is 34.9 Å². The molecule has 2 heterocycles. The number of carbonyl (C=O) groups excluding carboxylic acids is 1. The van der Waals surface area contributed by atoms with E-state index >= 15 is 0 Å². The van der Waals surface area contributed by atoms with Crippen molar-refractivity contribution in [1.29, 1.82) is 0 Å². The highest BCUT2D eigenvalue weighted by atomic mass is 16.1. The predicted octanol–water partition coefficient (Wildman–Crippen LogP) is 3.01. The van der Waals surface area contributed by atoms with Crippen LogP contribution in [0.5, 0.6) is 0 Å². The van der Waals surface area contributed by atoms with E-state index in [1.165, 1.54) is 12.8 Å². The molecule has 0 spiro atoms. The molecule has 0 unspecified atom stereocenters. The van der Waals surface area contributed by atoms with Gasteiger partial charge in [0.25, 0.3) is 0 Å². The summed E-state index contributed by atoms with van der Waals surface area (Å²) in [5, 5.41) is 0. The standard InChI is InChI=1S/C14H14N2O/c1-10-12(9-17)7-14(16(10)13-4-5-13)11-3-2-6-15-8-11/h2-3,6-9,13H,4-5H2,1H3. The summed E-state index contributed by atoms with van der Waals surface area (Å²) in [6.07, 6.45) is 6.97. The first-order valence-electron chi connectivity index (χ1n) is 5.88. The van der Waals surface area contributed by atoms with Gasteiger partial charge in [-0.05, 0) is 38.0 Å². The van der Waals surface area contributed by atoms with Crippen LogP contribution < -0.4 is 0 Å². The van der Waals surface area contributed by atoms with E-state index in [2.05, 4.69) is 9.55 Å². The van der Waals surface area contributed by atoms with Gasteiger partial charge in [0.2, 0.25) is 0 Å². The van der Waals surface area contributed by atoms with Gasteiger partial charge in [0.05, 0.1) is 5.69 Å². The second-order valence-corrected chi connectivity index (χ2v) is 4.53. The Hall–Kier alpha value is -1.90. The van der Waals surface area contributed by atoms with Crippen LogP contribution in [-0.2, 0) is 0 Å². The predicted molar refractivity (Wildman–Crippen MR) is 66.1 cm³/mol. The molecule has 17 heavy (non-hydrogen) atoms. The van der Waals surface area contributed by atoms with Gasteiger partial charge in [-0.25, -0.2) is 0 Å². The van der Waals surface area contributed by atoms with Gasteiger partial charge < -0.3 is 4.57 Å². The zero-order valence-corrected chi connectivity index (χ0v) is 9.76. The monoisotopic (exact) mass is 226 g/mol. The summed E-state index contributed by atoms with van der Waals surface area (Å²) >= 11 is 0. The number of pyridine rings is 1. The highest BCUT2D eigenvalue weighted by Crippen LogP contribution is 2.41. The molecule has 2 aromatic heterocycles. The molecule has 1 aliphatic rings. The molecule has 86 valence electrons. The Morgan fingerprint density at radius 1 is 1.47 bits per heavy atom. The molecule has 1 aliphatic carbocycles. The SMILES string of the molecule is Cc1c(C=O)cc(-c2cccnc2)n1C1CC1. The third kappa shape index (κ3) is 1.68. The normalized spacial score (nSPS) is 14.9. The summed E-state index contributed by atoms with van der Waals surface area (Å²) in [7, 11) is 0. The molecule has 3 heteroatoms. The number of carbonyl (C=O) groups is 1. The van der Waals surface area contributed by atoms with E-state index in [1.807, 2.05) is 31.3 Å². The van der Waals surface area contributed by atoms with Crippen LogP contribution in [0.25, 0.3) is 11.3 Å². The zero-order chi connectivity index (χ0) is 11.8. The van der Waals surface area contributed by atoms with E-state index in [4.69, 9.17) is 0 Å². The lowest BCUT2D eigenvalue weighted by Gasteiger charge is -2.10. The summed E-state index contributed by atoms with van der Waals surface area (Å²) in [4.78, 5) is 15.2. The fourth-order valence-electron chi connectivity index (χ4n) is 2.30. The number of hydrogen-bond donors (Lipinski definition) is 0. The lowest BCUT2D eigenvalue weighted by Crippen LogP contribution is -1.99. The van der Waals surface area contributed by atoms with Crippen molar-refractivity contribution >= 4 is 6.29 Å². The first kappa shape index (κ1) is 10.3. The molecule has 3 nitrogen and oxygen atoms in total. The Morgan fingerprint density at radius 3 is 2.88 bits per heavy atom. The van der Waals surface area contributed by atoms with Gasteiger partial charge in [0.15, 0.2) is 6.29 Å². The smallest absolute Gasteiger partial charge is 0.151 e. The van der Waals surface area contributed by atoms with E-state index in [0.29, 0.717) is 6.04 Å². The molecule has 0 aromatic carbocycles. The van der Waals surface area contributed by atoms with E-state index in [-0.39, 0.29) is 0 Å². The highest BCUT2D eigenvalue weighted by molar-refractivity contribution is 5.81. The largest absolute Gasteiger partial charge is 0.341 e. The summed E-state index contributed by atoms with van der Waals surface area (Å²) < 4.78 is 2.28. The minimum atomic E-state index is 0.568. The lowest BCUT2D eigenvalue weighted by atomic mass is 10.2. The van der Waals surface area contributed by atoms with Crippen LogP contribution in [0, 0.1) is 6.92 Å². The van der Waals surface area contributed by atoms with Crippen LogP contribution in [-0.4, -0.2) is 15.8 Å². The molecule has 3 rings (SSSR count). The molecule has 1 fully saturated rings. The highest BCUT2D eigenvalue weighted by Gasteiger charge is 2.28. The fraction of sp³-hybridized carbons (Fsp3) is 0.286. The van der Waals surface area contributed by atoms with Crippen LogP contribution in [0.4, 0.5) is 0 Å². The van der Waals surface area contributed by atoms with E-state index in [9.17, 15) is 4.79 Å². The number of aldehydes is 1. The van der Waals surface area contributed by atoms with E-state index in [1.54, 1.807) is 6.20 Å². The molecule has 2 aromatic rings. The quantitative estimate of drug-likeness (QED) is 0.754. The third-order valence-electron chi connectivity index (χ3n) is 3.33. The second-order valence-electron chi connectivity index (χ2n) is 4.53. The molecule has 0 aliphatic heterocycles. The van der Waals surface area contributed by atoms with Crippen molar-refractivity contribution in [1.82, 2.24) is 9.55 Å². The Kier molecular flexibility index (Phi) is 2.32. The molecule has 0 amide bonds. The number of aromatic nitrogens is 2. The Labute approximate surface area is 100 Å². The Morgan fingerprint density at radius 2 is 2.29 bits per heavy atom. The van der Waals surface area contributed by atoms with Crippen molar-refractivity contribution in [3.63, 3.8) is 0 Å². The molecule has 0 saturated heterocycles. The van der Waals surface area contributed by atoms with Crippen molar-refractivity contribution < 1.29 is 4.79 Å². The number of rotatable bonds is 3. The average Bonchev–Trinajstić information content (AvgIpc) is 3.14. The summed E-state index contributed by atoms with van der Waals surface area (Å²) in [6, 6.07) is 6.50. The Balaban J connectivity index is 2.18. The van der Waals surface area contributed by atoms with Crippen molar-refractivity contribution in [3.05, 3.63) is 41.9 Å². The van der Waals surface area contributed by atoms with Gasteiger partial charge in [-0.15, -0.1) is 0 Å². The minimum absolute atomic E-state index is 0.568. The topological polar surface area (TPSA) is 34.9 Å². The van der Waals surface area contributed by atoms with Gasteiger partial charge >= 0.3 is 0 Å². The van der Waals surface area contributed by atoms with Gasteiger partial charge in [-0.3, -0.25) is 9.78 Å².